The van der Waals surface area contributed by atoms with Crippen LogP contribution in [0, 0.1) is 6.92 Å². The minimum absolute atomic E-state index is 0.325. The molecular weight excluding hydrogens is 228 g/mol. The van der Waals surface area contributed by atoms with Gasteiger partial charge in [-0.2, -0.15) is 0 Å². The first-order valence-corrected chi connectivity index (χ1v) is 6.39. The molecule has 1 fully saturated rings. The molecule has 0 amide bonds. The largest absolute Gasteiger partial charge is 0.465 e. The van der Waals surface area contributed by atoms with Gasteiger partial charge in [0.15, 0.2) is 0 Å². The molecular formula is C14H20N2O2. The highest BCUT2D eigenvalue weighted by atomic mass is 16.5. The molecule has 0 saturated carbocycles. The Labute approximate surface area is 108 Å². The molecule has 1 aromatic heterocycles. The van der Waals surface area contributed by atoms with E-state index in [2.05, 4.69) is 23.7 Å². The minimum Gasteiger partial charge on any atom is -0.465 e. The van der Waals surface area contributed by atoms with Gasteiger partial charge >= 0.3 is 5.97 Å². The highest BCUT2D eigenvalue weighted by Gasteiger charge is 2.28. The molecule has 98 valence electrons. The van der Waals surface area contributed by atoms with Crippen molar-refractivity contribution in [1.29, 1.82) is 0 Å². The Balaban J connectivity index is 2.31. The van der Waals surface area contributed by atoms with Crippen LogP contribution in [0.3, 0.4) is 0 Å². The van der Waals surface area contributed by atoms with Crippen molar-refractivity contribution in [3.05, 3.63) is 23.4 Å². The van der Waals surface area contributed by atoms with Gasteiger partial charge in [-0.15, -0.1) is 0 Å². The average Bonchev–Trinajstić information content (AvgIpc) is 2.68. The molecule has 18 heavy (non-hydrogen) atoms. The van der Waals surface area contributed by atoms with Crippen LogP contribution in [0.25, 0.3) is 0 Å². The lowest BCUT2D eigenvalue weighted by molar-refractivity contribution is 0.0599. The molecule has 1 aromatic rings. The predicted octanol–water partition coefficient (Wildman–Crippen LogP) is 2.55. The Bertz CT molecular complexity index is 449. The first-order chi connectivity index (χ1) is 8.54. The maximum absolute atomic E-state index is 11.5. The molecule has 0 radical (unpaired) electrons. The zero-order valence-corrected chi connectivity index (χ0v) is 11.4. The van der Waals surface area contributed by atoms with Crippen LogP contribution < -0.4 is 4.90 Å². The molecule has 1 aliphatic heterocycles. The Kier molecular flexibility index (Phi) is 3.55. The molecule has 0 aromatic carbocycles. The molecule has 2 heterocycles. The monoisotopic (exact) mass is 248 g/mol. The molecule has 4 nitrogen and oxygen atoms in total. The van der Waals surface area contributed by atoms with E-state index in [0.717, 1.165) is 11.5 Å². The summed E-state index contributed by atoms with van der Waals surface area (Å²) in [4.78, 5) is 18.4. The van der Waals surface area contributed by atoms with Gasteiger partial charge < -0.3 is 9.64 Å². The number of methoxy groups -OCH3 is 1. The molecule has 2 unspecified atom stereocenters. The molecule has 0 N–H and O–H groups in total. The van der Waals surface area contributed by atoms with E-state index in [-0.39, 0.29) is 5.97 Å². The Hall–Kier alpha value is -1.58. The number of esters is 1. The SMILES string of the molecule is COC(=O)c1ccc(N2C(C)CCC2C)nc1C. The number of hydrogen-bond donors (Lipinski definition) is 0. The van der Waals surface area contributed by atoms with Crippen molar-refractivity contribution >= 4 is 11.8 Å². The summed E-state index contributed by atoms with van der Waals surface area (Å²) in [6, 6.07) is 4.74. The number of aromatic nitrogens is 1. The van der Waals surface area contributed by atoms with Crippen LogP contribution in [0.5, 0.6) is 0 Å². The average molecular weight is 248 g/mol. The summed E-state index contributed by atoms with van der Waals surface area (Å²) < 4.78 is 4.73. The maximum Gasteiger partial charge on any atom is 0.339 e. The van der Waals surface area contributed by atoms with Crippen LogP contribution in [-0.2, 0) is 4.74 Å². The van der Waals surface area contributed by atoms with Crippen LogP contribution >= 0.6 is 0 Å². The van der Waals surface area contributed by atoms with Crippen molar-refractivity contribution < 1.29 is 9.53 Å². The smallest absolute Gasteiger partial charge is 0.339 e. The number of anilines is 1. The lowest BCUT2D eigenvalue weighted by Gasteiger charge is -2.27. The fourth-order valence-electron chi connectivity index (χ4n) is 2.66. The van der Waals surface area contributed by atoms with Gasteiger partial charge in [-0.3, -0.25) is 0 Å². The Morgan fingerprint density at radius 2 is 1.94 bits per heavy atom. The number of ether oxygens (including phenoxy) is 1. The summed E-state index contributed by atoms with van der Waals surface area (Å²) in [6.07, 6.45) is 2.39. The van der Waals surface area contributed by atoms with Crippen molar-refractivity contribution in [2.24, 2.45) is 0 Å². The number of carbonyl (C=O) groups excluding carboxylic acids is 1. The van der Waals surface area contributed by atoms with E-state index < -0.39 is 0 Å². The maximum atomic E-state index is 11.5. The van der Waals surface area contributed by atoms with Crippen LogP contribution in [0.15, 0.2) is 12.1 Å². The van der Waals surface area contributed by atoms with Gasteiger partial charge in [0, 0.05) is 12.1 Å². The van der Waals surface area contributed by atoms with Gasteiger partial charge in [0.05, 0.1) is 18.4 Å². The van der Waals surface area contributed by atoms with E-state index in [4.69, 9.17) is 4.74 Å². The van der Waals surface area contributed by atoms with Crippen LogP contribution in [0.4, 0.5) is 5.82 Å². The summed E-state index contributed by atoms with van der Waals surface area (Å²) in [5.41, 5.74) is 1.27. The topological polar surface area (TPSA) is 42.4 Å². The zero-order chi connectivity index (χ0) is 13.3. The number of carbonyl (C=O) groups is 1. The van der Waals surface area contributed by atoms with Crippen molar-refractivity contribution in [1.82, 2.24) is 4.98 Å². The second kappa shape index (κ2) is 4.96. The van der Waals surface area contributed by atoms with Crippen LogP contribution in [-0.4, -0.2) is 30.1 Å². The number of nitrogens with zero attached hydrogens (tertiary/aromatic N) is 2. The van der Waals surface area contributed by atoms with Crippen molar-refractivity contribution in [2.45, 2.75) is 45.7 Å². The first kappa shape index (κ1) is 12.9. The molecule has 2 atom stereocenters. The van der Waals surface area contributed by atoms with E-state index in [1.807, 2.05) is 13.0 Å². The second-order valence-corrected chi connectivity index (χ2v) is 4.98. The number of aryl methyl sites for hydroxylation is 1. The second-order valence-electron chi connectivity index (χ2n) is 4.98. The molecule has 0 spiro atoms. The standard InChI is InChI=1S/C14H20N2O2/c1-9-5-6-10(2)16(9)13-8-7-12(11(3)15-13)14(17)18-4/h7-10H,5-6H2,1-4H3. The Morgan fingerprint density at radius 1 is 1.33 bits per heavy atom. The molecule has 0 bridgehead atoms. The summed E-state index contributed by atoms with van der Waals surface area (Å²) in [7, 11) is 1.39. The molecule has 4 heteroatoms. The highest BCUT2D eigenvalue weighted by molar-refractivity contribution is 5.90. The molecule has 2 rings (SSSR count). The molecule has 0 aliphatic carbocycles. The Morgan fingerprint density at radius 3 is 2.44 bits per heavy atom. The van der Waals surface area contributed by atoms with Crippen LogP contribution in [0.1, 0.15) is 42.7 Å². The predicted molar refractivity (Wildman–Crippen MR) is 71.0 cm³/mol. The van der Waals surface area contributed by atoms with Gasteiger partial charge in [0.1, 0.15) is 5.82 Å². The summed E-state index contributed by atoms with van der Waals surface area (Å²) >= 11 is 0. The first-order valence-electron chi connectivity index (χ1n) is 6.39. The highest BCUT2D eigenvalue weighted by Crippen LogP contribution is 2.29. The third kappa shape index (κ3) is 2.19. The van der Waals surface area contributed by atoms with Crippen molar-refractivity contribution in [2.75, 3.05) is 12.0 Å². The van der Waals surface area contributed by atoms with Crippen LogP contribution in [0.2, 0.25) is 0 Å². The normalized spacial score (nSPS) is 23.2. The third-order valence-corrected chi connectivity index (χ3v) is 3.69. The number of rotatable bonds is 2. The third-order valence-electron chi connectivity index (χ3n) is 3.69. The van der Waals surface area contributed by atoms with E-state index >= 15 is 0 Å². The van der Waals surface area contributed by atoms with Gasteiger partial charge in [-0.1, -0.05) is 0 Å². The number of hydrogen-bond acceptors (Lipinski definition) is 4. The lowest BCUT2D eigenvalue weighted by atomic mass is 10.2. The van der Waals surface area contributed by atoms with E-state index in [1.165, 1.54) is 20.0 Å². The summed E-state index contributed by atoms with van der Waals surface area (Å²) in [5.74, 6) is 0.631. The van der Waals surface area contributed by atoms with E-state index in [9.17, 15) is 4.79 Å². The quantitative estimate of drug-likeness (QED) is 0.754. The van der Waals surface area contributed by atoms with E-state index in [0.29, 0.717) is 17.6 Å². The summed E-state index contributed by atoms with van der Waals surface area (Å²) in [6.45, 7) is 6.28. The fraction of sp³-hybridized carbons (Fsp3) is 0.571. The van der Waals surface area contributed by atoms with Gasteiger partial charge in [-0.05, 0) is 45.7 Å². The fourth-order valence-corrected chi connectivity index (χ4v) is 2.66. The van der Waals surface area contributed by atoms with Crippen molar-refractivity contribution in [3.8, 4) is 0 Å². The van der Waals surface area contributed by atoms with Gasteiger partial charge in [-0.25, -0.2) is 9.78 Å². The van der Waals surface area contributed by atoms with Crippen molar-refractivity contribution in [3.63, 3.8) is 0 Å². The lowest BCUT2D eigenvalue weighted by Crippen LogP contribution is -2.33. The van der Waals surface area contributed by atoms with E-state index in [1.54, 1.807) is 6.07 Å². The minimum atomic E-state index is -0.325. The molecule has 1 aliphatic rings. The molecule has 1 saturated heterocycles. The number of pyridine rings is 1. The van der Waals surface area contributed by atoms with Gasteiger partial charge in [0.2, 0.25) is 0 Å². The van der Waals surface area contributed by atoms with Gasteiger partial charge in [0.25, 0.3) is 0 Å². The zero-order valence-electron chi connectivity index (χ0n) is 11.4. The summed E-state index contributed by atoms with van der Waals surface area (Å²) in [5, 5.41) is 0.